The van der Waals surface area contributed by atoms with E-state index in [1.165, 1.54) is 6.20 Å². The van der Waals surface area contributed by atoms with E-state index in [1.807, 2.05) is 0 Å². The number of aromatic nitrogens is 1. The molecule has 1 aromatic heterocycles. The molecule has 1 aliphatic heterocycles. The number of pyridine rings is 1. The van der Waals surface area contributed by atoms with Gasteiger partial charge in [-0.05, 0) is 0 Å². The predicted molar refractivity (Wildman–Crippen MR) is 56.4 cm³/mol. The molecule has 0 unspecified atom stereocenters. The Morgan fingerprint density at radius 2 is 2.18 bits per heavy atom. The Kier molecular flexibility index (Phi) is 2.95. The van der Waals surface area contributed by atoms with Crippen molar-refractivity contribution >= 4 is 11.9 Å². The van der Waals surface area contributed by atoms with Gasteiger partial charge in [-0.2, -0.15) is 0 Å². The molecular formula is C11H11NO5. The molecule has 0 saturated heterocycles. The normalized spacial score (nSPS) is 12.9. The SMILES string of the molecule is O=C(O)CCc1ncc2c(c1C(=O)O)CCO2. The molecule has 6 nitrogen and oxygen atoms in total. The first-order valence-corrected chi connectivity index (χ1v) is 5.18. The molecule has 1 aliphatic rings. The van der Waals surface area contributed by atoms with Crippen molar-refractivity contribution in [3.8, 4) is 5.75 Å². The third-order valence-corrected chi connectivity index (χ3v) is 2.62. The van der Waals surface area contributed by atoms with Crippen molar-refractivity contribution in [2.75, 3.05) is 6.61 Å². The molecule has 17 heavy (non-hydrogen) atoms. The molecule has 2 heterocycles. The topological polar surface area (TPSA) is 96.7 Å². The summed E-state index contributed by atoms with van der Waals surface area (Å²) in [5, 5.41) is 17.7. The Hall–Kier alpha value is -2.11. The molecule has 0 aliphatic carbocycles. The van der Waals surface area contributed by atoms with Crippen LogP contribution in [0.1, 0.15) is 28.0 Å². The lowest BCUT2D eigenvalue weighted by Gasteiger charge is -2.07. The molecule has 1 aromatic rings. The second-order valence-electron chi connectivity index (χ2n) is 3.72. The number of fused-ring (bicyclic) bond motifs is 1. The maximum atomic E-state index is 11.2. The first kappa shape index (κ1) is 11.4. The van der Waals surface area contributed by atoms with Crippen LogP contribution in [0, 0.1) is 0 Å². The summed E-state index contributed by atoms with van der Waals surface area (Å²) in [6.45, 7) is 0.444. The number of carboxylic acids is 2. The lowest BCUT2D eigenvalue weighted by atomic mass is 10.0. The number of ether oxygens (including phenoxy) is 1. The zero-order chi connectivity index (χ0) is 12.4. The van der Waals surface area contributed by atoms with Crippen molar-refractivity contribution in [1.29, 1.82) is 0 Å². The van der Waals surface area contributed by atoms with Crippen molar-refractivity contribution in [3.63, 3.8) is 0 Å². The molecule has 0 radical (unpaired) electrons. The van der Waals surface area contributed by atoms with Crippen LogP contribution < -0.4 is 4.74 Å². The Labute approximate surface area is 96.9 Å². The van der Waals surface area contributed by atoms with E-state index in [2.05, 4.69) is 4.98 Å². The lowest BCUT2D eigenvalue weighted by molar-refractivity contribution is -0.136. The van der Waals surface area contributed by atoms with Gasteiger partial charge in [0.2, 0.25) is 0 Å². The van der Waals surface area contributed by atoms with Gasteiger partial charge in [0, 0.05) is 18.4 Å². The number of hydrogen-bond donors (Lipinski definition) is 2. The molecular weight excluding hydrogens is 226 g/mol. The molecule has 0 aromatic carbocycles. The maximum Gasteiger partial charge on any atom is 0.337 e. The van der Waals surface area contributed by atoms with E-state index in [9.17, 15) is 9.59 Å². The van der Waals surface area contributed by atoms with Crippen molar-refractivity contribution < 1.29 is 24.5 Å². The molecule has 0 amide bonds. The van der Waals surface area contributed by atoms with Gasteiger partial charge in [-0.25, -0.2) is 4.79 Å². The van der Waals surface area contributed by atoms with Crippen LogP contribution in [-0.4, -0.2) is 33.7 Å². The molecule has 6 heteroatoms. The molecule has 0 bridgehead atoms. The Morgan fingerprint density at radius 3 is 2.82 bits per heavy atom. The minimum atomic E-state index is -1.08. The van der Waals surface area contributed by atoms with Gasteiger partial charge in [-0.1, -0.05) is 0 Å². The zero-order valence-corrected chi connectivity index (χ0v) is 8.97. The second kappa shape index (κ2) is 4.40. The third-order valence-electron chi connectivity index (χ3n) is 2.62. The highest BCUT2D eigenvalue weighted by atomic mass is 16.5. The van der Waals surface area contributed by atoms with Crippen molar-refractivity contribution in [2.24, 2.45) is 0 Å². The van der Waals surface area contributed by atoms with Crippen LogP contribution in [0.5, 0.6) is 5.75 Å². The van der Waals surface area contributed by atoms with Gasteiger partial charge in [-0.3, -0.25) is 9.78 Å². The Bertz CT molecular complexity index is 483. The highest BCUT2D eigenvalue weighted by Gasteiger charge is 2.24. The van der Waals surface area contributed by atoms with Crippen LogP contribution >= 0.6 is 0 Å². The zero-order valence-electron chi connectivity index (χ0n) is 8.97. The maximum absolute atomic E-state index is 11.2. The van der Waals surface area contributed by atoms with Crippen LogP contribution in [0.4, 0.5) is 0 Å². The van der Waals surface area contributed by atoms with Crippen molar-refractivity contribution in [1.82, 2.24) is 4.98 Å². The highest BCUT2D eigenvalue weighted by Crippen LogP contribution is 2.29. The van der Waals surface area contributed by atoms with E-state index in [0.29, 0.717) is 30.0 Å². The number of nitrogens with zero attached hydrogens (tertiary/aromatic N) is 1. The van der Waals surface area contributed by atoms with E-state index in [4.69, 9.17) is 14.9 Å². The largest absolute Gasteiger partial charge is 0.491 e. The fourth-order valence-electron chi connectivity index (χ4n) is 1.88. The summed E-state index contributed by atoms with van der Waals surface area (Å²) in [6.07, 6.45) is 1.97. The van der Waals surface area contributed by atoms with Crippen LogP contribution in [0.3, 0.4) is 0 Å². The number of aromatic carboxylic acids is 1. The average molecular weight is 237 g/mol. The fourth-order valence-corrected chi connectivity index (χ4v) is 1.88. The van der Waals surface area contributed by atoms with E-state index in [-0.39, 0.29) is 18.4 Å². The Morgan fingerprint density at radius 1 is 1.41 bits per heavy atom. The van der Waals surface area contributed by atoms with Crippen LogP contribution in [0.2, 0.25) is 0 Å². The number of aryl methyl sites for hydroxylation is 1. The Balaban J connectivity index is 2.38. The molecule has 0 atom stereocenters. The quantitative estimate of drug-likeness (QED) is 0.801. The molecule has 90 valence electrons. The first-order chi connectivity index (χ1) is 8.09. The van der Waals surface area contributed by atoms with Crippen molar-refractivity contribution in [3.05, 3.63) is 23.0 Å². The number of carboxylic acid groups (broad SMARTS) is 2. The standard InChI is InChI=1S/C11H11NO5/c13-9(14)2-1-7-10(11(15)16)6-3-4-17-8(6)5-12-7/h5H,1-4H2,(H,13,14)(H,15,16). The van der Waals surface area contributed by atoms with E-state index < -0.39 is 11.9 Å². The number of rotatable bonds is 4. The second-order valence-corrected chi connectivity index (χ2v) is 3.72. The first-order valence-electron chi connectivity index (χ1n) is 5.18. The summed E-state index contributed by atoms with van der Waals surface area (Å²) in [6, 6.07) is 0. The molecule has 0 saturated carbocycles. The third kappa shape index (κ3) is 2.20. The smallest absolute Gasteiger partial charge is 0.337 e. The summed E-state index contributed by atoms with van der Waals surface area (Å²) in [5.74, 6) is -1.57. The minimum absolute atomic E-state index is 0.0984. The summed E-state index contributed by atoms with van der Waals surface area (Å²) in [7, 11) is 0. The van der Waals surface area contributed by atoms with Gasteiger partial charge >= 0.3 is 11.9 Å². The summed E-state index contributed by atoms with van der Waals surface area (Å²) < 4.78 is 5.23. The molecule has 0 fully saturated rings. The van der Waals surface area contributed by atoms with Gasteiger partial charge in [0.15, 0.2) is 0 Å². The van der Waals surface area contributed by atoms with E-state index >= 15 is 0 Å². The summed E-state index contributed by atoms with van der Waals surface area (Å²) in [4.78, 5) is 25.6. The van der Waals surface area contributed by atoms with Crippen LogP contribution in [-0.2, 0) is 17.6 Å². The van der Waals surface area contributed by atoms with Crippen LogP contribution in [0.15, 0.2) is 6.20 Å². The van der Waals surface area contributed by atoms with Gasteiger partial charge in [0.05, 0.1) is 30.5 Å². The van der Waals surface area contributed by atoms with Crippen molar-refractivity contribution in [2.45, 2.75) is 19.3 Å². The van der Waals surface area contributed by atoms with Gasteiger partial charge < -0.3 is 14.9 Å². The fraction of sp³-hybridized carbons (Fsp3) is 0.364. The van der Waals surface area contributed by atoms with Gasteiger partial charge in [0.1, 0.15) is 5.75 Å². The van der Waals surface area contributed by atoms with Gasteiger partial charge in [-0.15, -0.1) is 0 Å². The number of hydrogen-bond acceptors (Lipinski definition) is 4. The molecule has 0 spiro atoms. The highest BCUT2D eigenvalue weighted by molar-refractivity contribution is 5.91. The minimum Gasteiger partial charge on any atom is -0.491 e. The van der Waals surface area contributed by atoms with E-state index in [1.54, 1.807) is 0 Å². The predicted octanol–water partition coefficient (Wildman–Crippen LogP) is 0.732. The monoisotopic (exact) mass is 237 g/mol. The summed E-state index contributed by atoms with van der Waals surface area (Å²) in [5.41, 5.74) is 1.03. The average Bonchev–Trinajstić information content (AvgIpc) is 2.72. The molecule has 2 N–H and O–H groups in total. The number of aliphatic carboxylic acids is 1. The van der Waals surface area contributed by atoms with Crippen LogP contribution in [0.25, 0.3) is 0 Å². The number of carbonyl (C=O) groups is 2. The van der Waals surface area contributed by atoms with Gasteiger partial charge in [0.25, 0.3) is 0 Å². The van der Waals surface area contributed by atoms with E-state index in [0.717, 1.165) is 0 Å². The lowest BCUT2D eigenvalue weighted by Crippen LogP contribution is -2.10. The molecule has 2 rings (SSSR count). The summed E-state index contributed by atoms with van der Waals surface area (Å²) >= 11 is 0.